The lowest BCUT2D eigenvalue weighted by Gasteiger charge is -1.98. The zero-order chi connectivity index (χ0) is 7.56. The van der Waals surface area contributed by atoms with E-state index >= 15 is 0 Å². The number of benzene rings is 1. The van der Waals surface area contributed by atoms with Crippen molar-refractivity contribution in [1.29, 1.82) is 0 Å². The van der Waals surface area contributed by atoms with Crippen LogP contribution < -0.4 is 5.54 Å². The van der Waals surface area contributed by atoms with E-state index in [-0.39, 0.29) is 0 Å². The number of anilines is 1. The molecule has 0 radical (unpaired) electrons. The number of nitrogens with one attached hydrogen (secondary N) is 1. The van der Waals surface area contributed by atoms with Crippen molar-refractivity contribution >= 4 is 39.9 Å². The molecule has 1 rings (SSSR count). The lowest BCUT2D eigenvalue weighted by atomic mass is 10.3. The van der Waals surface area contributed by atoms with Crippen molar-refractivity contribution in [2.24, 2.45) is 0 Å². The van der Waals surface area contributed by atoms with Crippen LogP contribution in [0.1, 0.15) is 0 Å². The molecule has 0 aliphatic heterocycles. The van der Waals surface area contributed by atoms with Crippen LogP contribution in [0.15, 0.2) is 18.2 Å². The van der Waals surface area contributed by atoms with E-state index < -0.39 is 0 Å². The number of hydrogen-bond donors (Lipinski definition) is 1. The van der Waals surface area contributed by atoms with Gasteiger partial charge in [0.1, 0.15) is 0 Å². The van der Waals surface area contributed by atoms with Gasteiger partial charge in [-0.3, -0.25) is 0 Å². The molecule has 54 valence electrons. The molecule has 1 aromatic carbocycles. The summed E-state index contributed by atoms with van der Waals surface area (Å²) in [5, 5.41) is 0.398. The van der Waals surface area contributed by atoms with E-state index in [0.29, 0.717) is 10.7 Å². The van der Waals surface area contributed by atoms with Gasteiger partial charge in [-0.25, -0.2) is 5.54 Å². The maximum atomic E-state index is 11.8. The molecule has 0 amide bonds. The fraction of sp³-hybridized carbons (Fsp3) is 0. The van der Waals surface area contributed by atoms with Crippen molar-refractivity contribution in [2.45, 2.75) is 0 Å². The molecule has 1 nitrogen and oxygen atoms in total. The van der Waals surface area contributed by atoms with Crippen LogP contribution in [0.5, 0.6) is 0 Å². The Morgan fingerprint density at radius 3 is 2.70 bits per heavy atom. The van der Waals surface area contributed by atoms with E-state index in [9.17, 15) is 4.48 Å². The van der Waals surface area contributed by atoms with Gasteiger partial charge in [0.05, 0.1) is 10.7 Å². The number of hydrogen-bond acceptors (Lipinski definition) is 1. The summed E-state index contributed by atoms with van der Waals surface area (Å²) in [5.74, 6) is 0. The van der Waals surface area contributed by atoms with Crippen LogP contribution in [-0.2, 0) is 0 Å². The first kappa shape index (κ1) is 8.07. The molecular weight excluding hydrogens is 267 g/mol. The van der Waals surface area contributed by atoms with Gasteiger partial charge in [0.15, 0.2) is 0 Å². The van der Waals surface area contributed by atoms with E-state index in [0.717, 1.165) is 3.57 Å². The first-order valence-electron chi connectivity index (χ1n) is 2.55. The summed E-state index contributed by atoms with van der Waals surface area (Å²) in [7, 11) is 0. The predicted octanol–water partition coefficient (Wildman–Crippen LogP) is 3.24. The first-order chi connectivity index (χ1) is 4.74. The van der Waals surface area contributed by atoms with Crippen LogP contribution in [0.3, 0.4) is 0 Å². The summed E-state index contributed by atoms with van der Waals surface area (Å²) in [6.45, 7) is 0. The second kappa shape index (κ2) is 3.39. The summed E-state index contributed by atoms with van der Waals surface area (Å²) in [4.78, 5) is 0. The Morgan fingerprint density at radius 2 is 2.20 bits per heavy atom. The predicted molar refractivity (Wildman–Crippen MR) is 48.9 cm³/mol. The van der Waals surface area contributed by atoms with Crippen LogP contribution in [0.25, 0.3) is 0 Å². The topological polar surface area (TPSA) is 12.0 Å². The molecule has 1 aromatic rings. The SMILES string of the molecule is FNc1ccc(I)cc1Cl. The monoisotopic (exact) mass is 271 g/mol. The van der Waals surface area contributed by atoms with E-state index in [4.69, 9.17) is 11.6 Å². The quantitative estimate of drug-likeness (QED) is 0.611. The van der Waals surface area contributed by atoms with Crippen LogP contribution in [0, 0.1) is 3.57 Å². The molecule has 0 bridgehead atoms. The van der Waals surface area contributed by atoms with Crippen LogP contribution in [-0.4, -0.2) is 0 Å². The smallest absolute Gasteiger partial charge is 0.0842 e. The third-order valence-electron chi connectivity index (χ3n) is 1.03. The lowest BCUT2D eigenvalue weighted by Crippen LogP contribution is -1.82. The Morgan fingerprint density at radius 1 is 1.50 bits per heavy atom. The molecule has 0 fully saturated rings. The van der Waals surface area contributed by atoms with Gasteiger partial charge in [-0.05, 0) is 40.8 Å². The van der Waals surface area contributed by atoms with Crippen LogP contribution >= 0.6 is 34.2 Å². The van der Waals surface area contributed by atoms with Gasteiger partial charge in [0.25, 0.3) is 0 Å². The maximum absolute atomic E-state index is 11.8. The maximum Gasteiger partial charge on any atom is 0.0842 e. The second-order valence-electron chi connectivity index (χ2n) is 1.72. The molecule has 0 aliphatic rings. The van der Waals surface area contributed by atoms with Crippen molar-refractivity contribution in [3.05, 3.63) is 26.8 Å². The first-order valence-corrected chi connectivity index (χ1v) is 4.01. The van der Waals surface area contributed by atoms with E-state index in [1.807, 2.05) is 0 Å². The highest BCUT2D eigenvalue weighted by molar-refractivity contribution is 14.1. The Labute approximate surface area is 76.6 Å². The summed E-state index contributed by atoms with van der Waals surface area (Å²) in [6, 6.07) is 5.04. The molecule has 0 saturated carbocycles. The minimum Gasteiger partial charge on any atom is -0.223 e. The van der Waals surface area contributed by atoms with Gasteiger partial charge in [0.2, 0.25) is 0 Å². The molecule has 0 spiro atoms. The lowest BCUT2D eigenvalue weighted by molar-refractivity contribution is 0.618. The van der Waals surface area contributed by atoms with Crippen molar-refractivity contribution in [3.63, 3.8) is 0 Å². The van der Waals surface area contributed by atoms with Gasteiger partial charge in [-0.15, -0.1) is 4.48 Å². The Kier molecular flexibility index (Phi) is 2.73. The Hall–Kier alpha value is -0.0300. The zero-order valence-corrected chi connectivity index (χ0v) is 7.78. The number of rotatable bonds is 1. The fourth-order valence-corrected chi connectivity index (χ4v) is 1.46. The largest absolute Gasteiger partial charge is 0.223 e. The van der Waals surface area contributed by atoms with E-state index in [2.05, 4.69) is 22.6 Å². The average molecular weight is 271 g/mol. The molecular formula is C6H4ClFIN. The molecule has 0 aromatic heterocycles. The van der Waals surface area contributed by atoms with Crippen LogP contribution in [0.4, 0.5) is 10.2 Å². The van der Waals surface area contributed by atoms with Gasteiger partial charge in [-0.1, -0.05) is 11.6 Å². The van der Waals surface area contributed by atoms with Gasteiger partial charge in [-0.2, -0.15) is 0 Å². The molecule has 0 saturated heterocycles. The fourth-order valence-electron chi connectivity index (χ4n) is 0.566. The molecule has 0 atom stereocenters. The summed E-state index contributed by atoms with van der Waals surface area (Å²) < 4.78 is 12.8. The highest BCUT2D eigenvalue weighted by atomic mass is 127. The molecule has 0 aliphatic carbocycles. The summed E-state index contributed by atoms with van der Waals surface area (Å²) in [6.07, 6.45) is 0. The van der Waals surface area contributed by atoms with Gasteiger partial charge >= 0.3 is 0 Å². The molecule has 0 heterocycles. The second-order valence-corrected chi connectivity index (χ2v) is 3.37. The standard InChI is InChI=1S/C6H4ClFIN/c7-5-3-4(9)1-2-6(5)10-8/h1-3,10H. The highest BCUT2D eigenvalue weighted by Gasteiger charge is 1.97. The van der Waals surface area contributed by atoms with Crippen molar-refractivity contribution < 1.29 is 4.48 Å². The summed E-state index contributed by atoms with van der Waals surface area (Å²) >= 11 is 7.73. The molecule has 1 N–H and O–H groups in total. The summed E-state index contributed by atoms with van der Waals surface area (Å²) in [5.41, 5.74) is 1.79. The third-order valence-corrected chi connectivity index (χ3v) is 2.02. The Bertz CT molecular complexity index is 241. The molecule has 4 heteroatoms. The Balaban J connectivity index is 3.07. The number of halogens is 3. The van der Waals surface area contributed by atoms with Crippen molar-refractivity contribution in [2.75, 3.05) is 5.54 Å². The minimum absolute atomic E-state index is 0.307. The van der Waals surface area contributed by atoms with Crippen molar-refractivity contribution in [3.8, 4) is 0 Å². The van der Waals surface area contributed by atoms with Gasteiger partial charge < -0.3 is 0 Å². The molecule has 10 heavy (non-hydrogen) atoms. The minimum atomic E-state index is 0.307. The van der Waals surface area contributed by atoms with Gasteiger partial charge in [0, 0.05) is 3.57 Å². The van der Waals surface area contributed by atoms with E-state index in [1.54, 1.807) is 18.2 Å². The normalized spacial score (nSPS) is 9.50. The van der Waals surface area contributed by atoms with E-state index in [1.165, 1.54) is 5.54 Å². The van der Waals surface area contributed by atoms with Crippen molar-refractivity contribution in [1.82, 2.24) is 0 Å². The molecule has 0 unspecified atom stereocenters. The van der Waals surface area contributed by atoms with Crippen LogP contribution in [0.2, 0.25) is 5.02 Å². The average Bonchev–Trinajstić information content (AvgIpc) is 1.88. The third kappa shape index (κ3) is 1.73. The highest BCUT2D eigenvalue weighted by Crippen LogP contribution is 2.23. The zero-order valence-electron chi connectivity index (χ0n) is 4.87.